The molecule has 0 unspecified atom stereocenters. The number of nitrogens with zero attached hydrogens (tertiary/aromatic N) is 1. The summed E-state index contributed by atoms with van der Waals surface area (Å²) in [6.07, 6.45) is 4.81. The second-order valence-corrected chi connectivity index (χ2v) is 6.84. The Labute approximate surface area is 125 Å². The van der Waals surface area contributed by atoms with Crippen LogP contribution in [0.4, 0.5) is 0 Å². The zero-order valence-corrected chi connectivity index (χ0v) is 13.3. The summed E-state index contributed by atoms with van der Waals surface area (Å²) in [6.45, 7) is 5.03. The van der Waals surface area contributed by atoms with E-state index < -0.39 is 0 Å². The number of ether oxygens (including phenoxy) is 1. The van der Waals surface area contributed by atoms with Crippen molar-refractivity contribution in [2.24, 2.45) is 11.3 Å². The van der Waals surface area contributed by atoms with Gasteiger partial charge in [-0.25, -0.2) is 4.98 Å². The van der Waals surface area contributed by atoms with Gasteiger partial charge in [0.05, 0.1) is 12.3 Å². The van der Waals surface area contributed by atoms with Crippen LogP contribution >= 0.6 is 11.3 Å². The lowest BCUT2D eigenvalue weighted by Crippen LogP contribution is -2.44. The number of nitrogens with one attached hydrogen (secondary N) is 1. The Morgan fingerprint density at radius 1 is 1.55 bits per heavy atom. The van der Waals surface area contributed by atoms with Crippen LogP contribution in [0.25, 0.3) is 0 Å². The third-order valence-corrected chi connectivity index (χ3v) is 5.48. The molecular weight excluding hydrogens is 272 g/mol. The lowest BCUT2D eigenvalue weighted by Gasteiger charge is -2.47. The molecule has 1 aromatic rings. The van der Waals surface area contributed by atoms with Crippen molar-refractivity contribution in [3.05, 3.63) is 16.1 Å². The Kier molecular flexibility index (Phi) is 5.96. The van der Waals surface area contributed by atoms with Crippen molar-refractivity contribution >= 4 is 11.3 Å². The minimum atomic E-state index is 0.301. The molecular formula is C15H26N2O2S. The minimum Gasteiger partial charge on any atom is -0.396 e. The predicted octanol–water partition coefficient (Wildman–Crippen LogP) is 2.57. The molecule has 2 rings (SSSR count). The van der Waals surface area contributed by atoms with Crippen molar-refractivity contribution in [3.8, 4) is 0 Å². The van der Waals surface area contributed by atoms with Crippen LogP contribution < -0.4 is 5.32 Å². The average molecular weight is 298 g/mol. The molecule has 0 radical (unpaired) electrons. The van der Waals surface area contributed by atoms with Crippen LogP contribution in [0.3, 0.4) is 0 Å². The predicted molar refractivity (Wildman–Crippen MR) is 81.7 cm³/mol. The van der Waals surface area contributed by atoms with E-state index in [1.807, 2.05) is 0 Å². The Hall–Kier alpha value is -0.490. The van der Waals surface area contributed by atoms with E-state index in [1.54, 1.807) is 18.4 Å². The second-order valence-electron chi connectivity index (χ2n) is 5.90. The summed E-state index contributed by atoms with van der Waals surface area (Å²) in [4.78, 5) is 4.54. The zero-order chi connectivity index (χ0) is 14.4. The molecule has 1 aliphatic rings. The molecule has 0 bridgehead atoms. The van der Waals surface area contributed by atoms with Crippen LogP contribution in [0.5, 0.6) is 0 Å². The summed E-state index contributed by atoms with van der Waals surface area (Å²) in [5.41, 5.74) is 1.50. The van der Waals surface area contributed by atoms with Gasteiger partial charge in [0.1, 0.15) is 5.01 Å². The van der Waals surface area contributed by atoms with E-state index >= 15 is 0 Å². The van der Waals surface area contributed by atoms with E-state index in [0.717, 1.165) is 30.2 Å². The summed E-state index contributed by atoms with van der Waals surface area (Å²) in [6, 6.07) is 0. The van der Waals surface area contributed by atoms with Crippen molar-refractivity contribution in [1.29, 1.82) is 0 Å². The molecule has 0 spiro atoms. The Balaban J connectivity index is 1.78. The SMILES string of the molecule is COCc1nc(CNCC2([C@@H](C)CCO)CCC2)cs1. The van der Waals surface area contributed by atoms with Crippen LogP contribution in [0, 0.1) is 11.3 Å². The van der Waals surface area contributed by atoms with E-state index in [9.17, 15) is 0 Å². The van der Waals surface area contributed by atoms with E-state index in [2.05, 4.69) is 22.6 Å². The largest absolute Gasteiger partial charge is 0.396 e. The number of aromatic nitrogens is 1. The third kappa shape index (κ3) is 3.79. The quantitative estimate of drug-likeness (QED) is 0.736. The fraction of sp³-hybridized carbons (Fsp3) is 0.800. The van der Waals surface area contributed by atoms with Gasteiger partial charge in [-0.2, -0.15) is 0 Å². The number of rotatable bonds is 9. The summed E-state index contributed by atoms with van der Waals surface area (Å²) in [7, 11) is 1.70. The van der Waals surface area contributed by atoms with E-state index in [4.69, 9.17) is 9.84 Å². The van der Waals surface area contributed by atoms with Gasteiger partial charge in [-0.1, -0.05) is 13.3 Å². The molecule has 1 atom stereocenters. The first-order chi connectivity index (χ1) is 9.70. The highest BCUT2D eigenvalue weighted by Crippen LogP contribution is 2.47. The van der Waals surface area contributed by atoms with E-state index in [0.29, 0.717) is 24.5 Å². The smallest absolute Gasteiger partial charge is 0.119 e. The van der Waals surface area contributed by atoms with Gasteiger partial charge in [0.25, 0.3) is 0 Å². The van der Waals surface area contributed by atoms with Crippen molar-refractivity contribution in [2.45, 2.75) is 45.8 Å². The third-order valence-electron chi connectivity index (χ3n) is 4.61. The molecule has 1 aliphatic carbocycles. The van der Waals surface area contributed by atoms with Gasteiger partial charge in [0.2, 0.25) is 0 Å². The Bertz CT molecular complexity index is 404. The van der Waals surface area contributed by atoms with Crippen molar-refractivity contribution in [3.63, 3.8) is 0 Å². The summed E-state index contributed by atoms with van der Waals surface area (Å²) in [5.74, 6) is 0.591. The molecule has 0 amide bonds. The molecule has 20 heavy (non-hydrogen) atoms. The van der Waals surface area contributed by atoms with Gasteiger partial charge in [0, 0.05) is 32.2 Å². The molecule has 5 heteroatoms. The van der Waals surface area contributed by atoms with Gasteiger partial charge < -0.3 is 15.2 Å². The molecule has 0 aliphatic heterocycles. The van der Waals surface area contributed by atoms with Gasteiger partial charge in [-0.05, 0) is 30.6 Å². The molecule has 114 valence electrons. The molecule has 1 aromatic heterocycles. The number of hydrogen-bond acceptors (Lipinski definition) is 5. The number of aliphatic hydroxyl groups excluding tert-OH is 1. The number of methoxy groups -OCH3 is 1. The minimum absolute atomic E-state index is 0.301. The van der Waals surface area contributed by atoms with Gasteiger partial charge in [-0.15, -0.1) is 11.3 Å². The van der Waals surface area contributed by atoms with Gasteiger partial charge in [0.15, 0.2) is 0 Å². The van der Waals surface area contributed by atoms with Crippen molar-refractivity contribution in [2.75, 3.05) is 20.3 Å². The fourth-order valence-corrected chi connectivity index (χ4v) is 3.80. The molecule has 1 fully saturated rings. The first-order valence-electron chi connectivity index (χ1n) is 7.44. The van der Waals surface area contributed by atoms with E-state index in [-0.39, 0.29) is 0 Å². The first kappa shape index (κ1) is 15.9. The number of hydrogen-bond donors (Lipinski definition) is 2. The highest BCUT2D eigenvalue weighted by atomic mass is 32.1. The number of thiazole rings is 1. The molecule has 2 N–H and O–H groups in total. The van der Waals surface area contributed by atoms with Crippen molar-refractivity contribution < 1.29 is 9.84 Å². The molecule has 1 saturated carbocycles. The fourth-order valence-electron chi connectivity index (χ4n) is 3.03. The molecule has 4 nitrogen and oxygen atoms in total. The first-order valence-corrected chi connectivity index (χ1v) is 8.32. The number of aliphatic hydroxyl groups is 1. The molecule has 1 heterocycles. The van der Waals surface area contributed by atoms with Crippen LogP contribution in [0.1, 0.15) is 43.3 Å². The average Bonchev–Trinajstić information content (AvgIpc) is 2.81. The summed E-state index contributed by atoms with van der Waals surface area (Å²) in [5, 5.41) is 15.8. The highest BCUT2D eigenvalue weighted by Gasteiger charge is 2.40. The van der Waals surface area contributed by atoms with E-state index in [1.165, 1.54) is 19.3 Å². The lowest BCUT2D eigenvalue weighted by atomic mass is 9.60. The van der Waals surface area contributed by atoms with Crippen LogP contribution in [-0.2, 0) is 17.9 Å². The molecule has 0 saturated heterocycles. The summed E-state index contributed by atoms with van der Waals surface area (Å²) >= 11 is 1.66. The lowest BCUT2D eigenvalue weighted by molar-refractivity contribution is 0.0426. The van der Waals surface area contributed by atoms with Crippen LogP contribution in [0.15, 0.2) is 5.38 Å². The van der Waals surface area contributed by atoms with Gasteiger partial charge >= 0.3 is 0 Å². The Morgan fingerprint density at radius 3 is 2.95 bits per heavy atom. The second kappa shape index (κ2) is 7.50. The maximum Gasteiger partial charge on any atom is 0.119 e. The normalized spacial score (nSPS) is 18.8. The maximum atomic E-state index is 9.14. The van der Waals surface area contributed by atoms with Crippen LogP contribution in [0.2, 0.25) is 0 Å². The van der Waals surface area contributed by atoms with Crippen molar-refractivity contribution in [1.82, 2.24) is 10.3 Å². The Morgan fingerprint density at radius 2 is 2.35 bits per heavy atom. The monoisotopic (exact) mass is 298 g/mol. The maximum absolute atomic E-state index is 9.14. The summed E-state index contributed by atoms with van der Waals surface area (Å²) < 4.78 is 5.09. The van der Waals surface area contributed by atoms with Gasteiger partial charge in [-0.3, -0.25) is 0 Å². The highest BCUT2D eigenvalue weighted by molar-refractivity contribution is 7.09. The standard InChI is InChI=1S/C15H26N2O2S/c1-12(4-7-18)15(5-3-6-15)11-16-8-13-10-20-14(17-13)9-19-2/h10,12,16,18H,3-9,11H2,1-2H3/t12-/m0/s1. The topological polar surface area (TPSA) is 54.4 Å². The van der Waals surface area contributed by atoms with Crippen LogP contribution in [-0.4, -0.2) is 30.4 Å². The zero-order valence-electron chi connectivity index (χ0n) is 12.5. The molecule has 0 aromatic carbocycles.